The number of aromatic hydroxyl groups is 1. The third kappa shape index (κ3) is 2.53. The van der Waals surface area contributed by atoms with Crippen LogP contribution in [0.5, 0.6) is 5.88 Å². The minimum atomic E-state index is -0.361. The molecule has 0 saturated heterocycles. The Balaban J connectivity index is 2.43. The number of aromatic nitrogens is 2. The third-order valence-corrected chi connectivity index (χ3v) is 2.58. The van der Waals surface area contributed by atoms with E-state index in [4.69, 9.17) is 0 Å². The minimum absolute atomic E-state index is 0.267. The van der Waals surface area contributed by atoms with E-state index in [0.717, 1.165) is 11.6 Å². The van der Waals surface area contributed by atoms with Gasteiger partial charge in [-0.1, -0.05) is 38.1 Å². The van der Waals surface area contributed by atoms with Crippen LogP contribution < -0.4 is 5.56 Å². The van der Waals surface area contributed by atoms with Gasteiger partial charge in [0.1, 0.15) is 5.82 Å². The Bertz CT molecular complexity index is 571. The molecular formula is C13H14N2O2. The molecule has 0 aliphatic carbocycles. The van der Waals surface area contributed by atoms with Crippen molar-refractivity contribution in [2.75, 3.05) is 0 Å². The lowest BCUT2D eigenvalue weighted by Gasteiger charge is -2.06. The molecule has 2 aromatic rings. The highest BCUT2D eigenvalue weighted by atomic mass is 16.3. The van der Waals surface area contributed by atoms with Crippen LogP contribution in [0.4, 0.5) is 0 Å². The summed E-state index contributed by atoms with van der Waals surface area (Å²) in [6, 6.07) is 8.79. The van der Waals surface area contributed by atoms with Gasteiger partial charge in [-0.3, -0.25) is 4.79 Å². The van der Waals surface area contributed by atoms with Crippen LogP contribution in [0.15, 0.2) is 35.1 Å². The third-order valence-electron chi connectivity index (χ3n) is 2.58. The van der Waals surface area contributed by atoms with Gasteiger partial charge in [0.05, 0.1) is 6.07 Å². The first-order valence-electron chi connectivity index (χ1n) is 5.47. The summed E-state index contributed by atoms with van der Waals surface area (Å²) in [5.41, 5.74) is 1.64. The van der Waals surface area contributed by atoms with Gasteiger partial charge in [0.15, 0.2) is 0 Å². The molecule has 0 aliphatic heterocycles. The van der Waals surface area contributed by atoms with Crippen molar-refractivity contribution in [1.29, 1.82) is 0 Å². The van der Waals surface area contributed by atoms with Crippen LogP contribution in [0.2, 0.25) is 0 Å². The standard InChI is InChI=1S/C13H14N2O2/c1-8(2)9-3-5-10(6-4-9)13-14-11(16)7-12(17)15-13/h3-8H,1-2H3,(H2,14,15,16,17). The Morgan fingerprint density at radius 2 is 1.88 bits per heavy atom. The van der Waals surface area contributed by atoms with E-state index in [1.165, 1.54) is 5.56 Å². The molecule has 0 unspecified atom stereocenters. The van der Waals surface area contributed by atoms with Crippen LogP contribution in [0, 0.1) is 0 Å². The molecule has 0 bridgehead atoms. The second-order valence-corrected chi connectivity index (χ2v) is 4.23. The number of hydrogen-bond donors (Lipinski definition) is 2. The van der Waals surface area contributed by atoms with Crippen molar-refractivity contribution >= 4 is 0 Å². The maximum Gasteiger partial charge on any atom is 0.254 e. The summed E-state index contributed by atoms with van der Waals surface area (Å²) in [6.07, 6.45) is 0. The van der Waals surface area contributed by atoms with Gasteiger partial charge in [0, 0.05) is 5.56 Å². The average molecular weight is 230 g/mol. The molecule has 1 aromatic carbocycles. The van der Waals surface area contributed by atoms with Crippen LogP contribution in [-0.2, 0) is 0 Å². The number of H-pyrrole nitrogens is 1. The molecule has 0 saturated carbocycles. The van der Waals surface area contributed by atoms with Gasteiger partial charge in [0.25, 0.3) is 5.56 Å². The highest BCUT2D eigenvalue weighted by Gasteiger charge is 2.04. The Hall–Kier alpha value is -2.10. The fraction of sp³-hybridized carbons (Fsp3) is 0.231. The van der Waals surface area contributed by atoms with Crippen LogP contribution in [0.3, 0.4) is 0 Å². The summed E-state index contributed by atoms with van der Waals surface area (Å²) in [5.74, 6) is 0.572. The lowest BCUT2D eigenvalue weighted by Crippen LogP contribution is -2.06. The first-order valence-corrected chi connectivity index (χ1v) is 5.47. The van der Waals surface area contributed by atoms with Gasteiger partial charge in [-0.05, 0) is 11.5 Å². The van der Waals surface area contributed by atoms with Gasteiger partial charge < -0.3 is 10.1 Å². The summed E-state index contributed by atoms with van der Waals surface area (Å²) in [5, 5.41) is 9.27. The van der Waals surface area contributed by atoms with Crippen molar-refractivity contribution in [3.8, 4) is 17.3 Å². The zero-order valence-corrected chi connectivity index (χ0v) is 9.77. The van der Waals surface area contributed by atoms with Crippen molar-refractivity contribution < 1.29 is 5.11 Å². The Morgan fingerprint density at radius 1 is 1.24 bits per heavy atom. The van der Waals surface area contributed by atoms with Crippen LogP contribution in [0.1, 0.15) is 25.3 Å². The minimum Gasteiger partial charge on any atom is -0.493 e. The van der Waals surface area contributed by atoms with E-state index in [-0.39, 0.29) is 11.4 Å². The zero-order valence-electron chi connectivity index (χ0n) is 9.77. The van der Waals surface area contributed by atoms with Crippen molar-refractivity contribution in [3.05, 3.63) is 46.2 Å². The van der Waals surface area contributed by atoms with E-state index < -0.39 is 0 Å². The predicted molar refractivity (Wildman–Crippen MR) is 66.0 cm³/mol. The van der Waals surface area contributed by atoms with E-state index in [1.54, 1.807) is 0 Å². The molecule has 0 spiro atoms. The highest BCUT2D eigenvalue weighted by Crippen LogP contribution is 2.20. The van der Waals surface area contributed by atoms with E-state index in [2.05, 4.69) is 23.8 Å². The molecule has 0 atom stereocenters. The molecule has 1 heterocycles. The van der Waals surface area contributed by atoms with Crippen molar-refractivity contribution in [1.82, 2.24) is 9.97 Å². The molecule has 0 radical (unpaired) electrons. The van der Waals surface area contributed by atoms with Crippen molar-refractivity contribution in [2.45, 2.75) is 19.8 Å². The van der Waals surface area contributed by atoms with Crippen molar-refractivity contribution in [2.24, 2.45) is 0 Å². The molecule has 2 N–H and O–H groups in total. The summed E-state index contributed by atoms with van der Waals surface area (Å²) < 4.78 is 0. The molecule has 88 valence electrons. The van der Waals surface area contributed by atoms with Gasteiger partial charge in [-0.15, -0.1) is 0 Å². The molecule has 4 heteroatoms. The van der Waals surface area contributed by atoms with Gasteiger partial charge in [-0.25, -0.2) is 0 Å². The molecule has 0 aliphatic rings. The van der Waals surface area contributed by atoms with Crippen molar-refractivity contribution in [3.63, 3.8) is 0 Å². The average Bonchev–Trinajstić information content (AvgIpc) is 2.28. The van der Waals surface area contributed by atoms with Gasteiger partial charge in [-0.2, -0.15) is 4.98 Å². The normalized spacial score (nSPS) is 10.8. The molecule has 4 nitrogen and oxygen atoms in total. The molecule has 2 rings (SSSR count). The lowest BCUT2D eigenvalue weighted by molar-refractivity contribution is 0.452. The van der Waals surface area contributed by atoms with Gasteiger partial charge >= 0.3 is 0 Å². The summed E-state index contributed by atoms with van der Waals surface area (Å²) in [4.78, 5) is 17.7. The molecule has 1 aromatic heterocycles. The number of hydrogen-bond acceptors (Lipinski definition) is 3. The zero-order chi connectivity index (χ0) is 12.4. The SMILES string of the molecule is CC(C)c1ccc(-c2nc(O)cc(=O)[nH]2)cc1. The Kier molecular flexibility index (Phi) is 2.95. The lowest BCUT2D eigenvalue weighted by atomic mass is 10.0. The largest absolute Gasteiger partial charge is 0.493 e. The Labute approximate surface area is 99.0 Å². The summed E-state index contributed by atoms with van der Waals surface area (Å²) in [6.45, 7) is 4.23. The van der Waals surface area contributed by atoms with Gasteiger partial charge in [0.2, 0.25) is 5.88 Å². The van der Waals surface area contributed by atoms with E-state index in [1.807, 2.05) is 24.3 Å². The number of rotatable bonds is 2. The summed E-state index contributed by atoms with van der Waals surface area (Å²) in [7, 11) is 0. The molecular weight excluding hydrogens is 216 g/mol. The highest BCUT2D eigenvalue weighted by molar-refractivity contribution is 5.55. The molecule has 0 fully saturated rings. The fourth-order valence-corrected chi connectivity index (χ4v) is 1.61. The van der Waals surface area contributed by atoms with E-state index in [9.17, 15) is 9.90 Å². The fourth-order valence-electron chi connectivity index (χ4n) is 1.61. The number of nitrogens with one attached hydrogen (secondary N) is 1. The quantitative estimate of drug-likeness (QED) is 0.831. The Morgan fingerprint density at radius 3 is 2.41 bits per heavy atom. The predicted octanol–water partition coefficient (Wildman–Crippen LogP) is 2.27. The monoisotopic (exact) mass is 230 g/mol. The van der Waals surface area contributed by atoms with Crippen LogP contribution in [0.25, 0.3) is 11.4 Å². The van der Waals surface area contributed by atoms with E-state index >= 15 is 0 Å². The second kappa shape index (κ2) is 4.41. The molecule has 17 heavy (non-hydrogen) atoms. The number of benzene rings is 1. The van der Waals surface area contributed by atoms with Crippen LogP contribution >= 0.6 is 0 Å². The van der Waals surface area contributed by atoms with E-state index in [0.29, 0.717) is 11.7 Å². The number of nitrogens with zero attached hydrogens (tertiary/aromatic N) is 1. The maximum atomic E-state index is 11.2. The maximum absolute atomic E-state index is 11.2. The molecule has 0 amide bonds. The smallest absolute Gasteiger partial charge is 0.254 e. The first-order chi connectivity index (χ1) is 8.06. The number of aromatic amines is 1. The topological polar surface area (TPSA) is 66.0 Å². The second-order valence-electron chi connectivity index (χ2n) is 4.23. The van der Waals surface area contributed by atoms with Crippen LogP contribution in [-0.4, -0.2) is 15.1 Å². The summed E-state index contributed by atoms with van der Waals surface area (Å²) >= 11 is 0. The first kappa shape index (κ1) is 11.4.